The molecule has 4 nitrogen and oxygen atoms in total. The molecule has 1 amide bonds. The lowest BCUT2D eigenvalue weighted by atomic mass is 10.1. The van der Waals surface area contributed by atoms with Crippen LogP contribution in [0.3, 0.4) is 0 Å². The van der Waals surface area contributed by atoms with Crippen LogP contribution in [-0.4, -0.2) is 28.6 Å². The molecule has 1 heterocycles. The first-order valence-electron chi connectivity index (χ1n) is 7.12. The molecule has 1 aromatic carbocycles. The summed E-state index contributed by atoms with van der Waals surface area (Å²) in [6, 6.07) is 15.2. The van der Waals surface area contributed by atoms with Gasteiger partial charge in [0.2, 0.25) is 5.91 Å². The zero-order chi connectivity index (χ0) is 14.9. The van der Waals surface area contributed by atoms with Gasteiger partial charge in [0.25, 0.3) is 0 Å². The minimum absolute atomic E-state index is 0.0596. The highest BCUT2D eigenvalue weighted by Crippen LogP contribution is 2.04. The molecule has 0 fully saturated rings. The molecule has 2 N–H and O–H groups in total. The van der Waals surface area contributed by atoms with Crippen LogP contribution in [0.2, 0.25) is 0 Å². The number of nitrogens with zero attached hydrogens (tertiary/aromatic N) is 1. The van der Waals surface area contributed by atoms with E-state index in [2.05, 4.69) is 10.3 Å². The molecule has 4 heteroatoms. The SMILES string of the molecule is O=C(CCc1ccccn1)NC(CO)Cc1ccccc1. The molecule has 0 saturated carbocycles. The molecule has 0 aliphatic carbocycles. The lowest BCUT2D eigenvalue weighted by Crippen LogP contribution is -2.39. The van der Waals surface area contributed by atoms with Crippen LogP contribution >= 0.6 is 0 Å². The van der Waals surface area contributed by atoms with Gasteiger partial charge in [-0.3, -0.25) is 9.78 Å². The number of benzene rings is 1. The summed E-state index contributed by atoms with van der Waals surface area (Å²) in [5.41, 5.74) is 2.00. The lowest BCUT2D eigenvalue weighted by molar-refractivity contribution is -0.122. The zero-order valence-corrected chi connectivity index (χ0v) is 11.9. The van der Waals surface area contributed by atoms with Gasteiger partial charge in [-0.2, -0.15) is 0 Å². The second kappa shape index (κ2) is 8.17. The molecule has 1 aromatic heterocycles. The highest BCUT2D eigenvalue weighted by atomic mass is 16.3. The number of hydrogen-bond acceptors (Lipinski definition) is 3. The molecule has 1 atom stereocenters. The fraction of sp³-hybridized carbons (Fsp3) is 0.294. The molecule has 2 rings (SSSR count). The Bertz CT molecular complexity index is 543. The molecule has 110 valence electrons. The Morgan fingerprint density at radius 1 is 1.14 bits per heavy atom. The van der Waals surface area contributed by atoms with Crippen LogP contribution in [0, 0.1) is 0 Å². The molecule has 2 aromatic rings. The van der Waals surface area contributed by atoms with Crippen molar-refractivity contribution in [2.45, 2.75) is 25.3 Å². The van der Waals surface area contributed by atoms with Gasteiger partial charge in [0.15, 0.2) is 0 Å². The minimum atomic E-state index is -0.247. The Kier molecular flexibility index (Phi) is 5.91. The molecule has 0 spiro atoms. The van der Waals surface area contributed by atoms with Gasteiger partial charge in [0.05, 0.1) is 12.6 Å². The van der Waals surface area contributed by atoms with E-state index in [1.165, 1.54) is 0 Å². The average Bonchev–Trinajstić information content (AvgIpc) is 2.54. The standard InChI is InChI=1S/C17H20N2O2/c20-13-16(12-14-6-2-1-3-7-14)19-17(21)10-9-15-8-4-5-11-18-15/h1-8,11,16,20H,9-10,12-13H2,(H,19,21). The first-order valence-corrected chi connectivity index (χ1v) is 7.12. The predicted octanol–water partition coefficient (Wildman–Crippen LogP) is 1.73. The maximum atomic E-state index is 11.9. The van der Waals surface area contributed by atoms with E-state index < -0.39 is 0 Å². The molecule has 1 unspecified atom stereocenters. The van der Waals surface area contributed by atoms with Gasteiger partial charge in [-0.05, 0) is 30.5 Å². The summed E-state index contributed by atoms with van der Waals surface area (Å²) in [6.07, 6.45) is 3.34. The van der Waals surface area contributed by atoms with Crippen molar-refractivity contribution < 1.29 is 9.90 Å². The Morgan fingerprint density at radius 2 is 1.90 bits per heavy atom. The van der Waals surface area contributed by atoms with Crippen molar-refractivity contribution in [1.29, 1.82) is 0 Å². The number of nitrogens with one attached hydrogen (secondary N) is 1. The molecular formula is C17H20N2O2. The molecule has 0 saturated heterocycles. The molecule has 0 bridgehead atoms. The summed E-state index contributed by atoms with van der Waals surface area (Å²) in [4.78, 5) is 16.1. The summed E-state index contributed by atoms with van der Waals surface area (Å²) < 4.78 is 0. The van der Waals surface area contributed by atoms with Crippen LogP contribution in [0.15, 0.2) is 54.7 Å². The smallest absolute Gasteiger partial charge is 0.220 e. The van der Waals surface area contributed by atoms with Gasteiger partial charge in [0.1, 0.15) is 0 Å². The Balaban J connectivity index is 1.80. The van der Waals surface area contributed by atoms with Crippen LogP contribution < -0.4 is 5.32 Å². The first kappa shape index (κ1) is 15.2. The van der Waals surface area contributed by atoms with E-state index in [9.17, 15) is 9.90 Å². The maximum absolute atomic E-state index is 11.9. The van der Waals surface area contributed by atoms with E-state index in [-0.39, 0.29) is 18.6 Å². The van der Waals surface area contributed by atoms with Crippen molar-refractivity contribution in [3.63, 3.8) is 0 Å². The first-order chi connectivity index (χ1) is 10.3. The van der Waals surface area contributed by atoms with Gasteiger partial charge < -0.3 is 10.4 Å². The van der Waals surface area contributed by atoms with Crippen LogP contribution in [0.1, 0.15) is 17.7 Å². The number of hydrogen-bond donors (Lipinski definition) is 2. The maximum Gasteiger partial charge on any atom is 0.220 e. The average molecular weight is 284 g/mol. The highest BCUT2D eigenvalue weighted by Gasteiger charge is 2.12. The van der Waals surface area contributed by atoms with Gasteiger partial charge in [-0.25, -0.2) is 0 Å². The number of aliphatic hydroxyl groups is 1. The van der Waals surface area contributed by atoms with Gasteiger partial charge in [-0.1, -0.05) is 36.4 Å². The third kappa shape index (κ3) is 5.36. The lowest BCUT2D eigenvalue weighted by Gasteiger charge is -2.16. The van der Waals surface area contributed by atoms with Crippen LogP contribution in [-0.2, 0) is 17.6 Å². The number of pyridine rings is 1. The summed E-state index contributed by atoms with van der Waals surface area (Å²) in [5.74, 6) is -0.0596. The quantitative estimate of drug-likeness (QED) is 0.814. The van der Waals surface area contributed by atoms with E-state index in [1.807, 2.05) is 48.5 Å². The largest absolute Gasteiger partial charge is 0.394 e. The summed E-state index contributed by atoms with van der Waals surface area (Å²) >= 11 is 0. The number of amides is 1. The number of aryl methyl sites for hydroxylation is 1. The van der Waals surface area contributed by atoms with Crippen molar-refractivity contribution >= 4 is 5.91 Å². The summed E-state index contributed by atoms with van der Waals surface area (Å²) in [6.45, 7) is -0.0653. The number of aliphatic hydroxyl groups excluding tert-OH is 1. The third-order valence-electron chi connectivity index (χ3n) is 3.24. The van der Waals surface area contributed by atoms with E-state index in [0.717, 1.165) is 11.3 Å². The summed E-state index contributed by atoms with van der Waals surface area (Å²) in [7, 11) is 0. The van der Waals surface area contributed by atoms with Crippen LogP contribution in [0.25, 0.3) is 0 Å². The van der Waals surface area contributed by atoms with Crippen molar-refractivity contribution in [2.75, 3.05) is 6.61 Å². The number of aromatic nitrogens is 1. The van der Waals surface area contributed by atoms with Crippen molar-refractivity contribution in [1.82, 2.24) is 10.3 Å². The van der Waals surface area contributed by atoms with E-state index in [1.54, 1.807) is 6.20 Å². The van der Waals surface area contributed by atoms with E-state index >= 15 is 0 Å². The van der Waals surface area contributed by atoms with Crippen molar-refractivity contribution in [3.05, 3.63) is 66.0 Å². The van der Waals surface area contributed by atoms with Gasteiger partial charge in [-0.15, -0.1) is 0 Å². The number of carbonyl (C=O) groups is 1. The van der Waals surface area contributed by atoms with E-state index in [4.69, 9.17) is 0 Å². The fourth-order valence-electron chi connectivity index (χ4n) is 2.15. The zero-order valence-electron chi connectivity index (χ0n) is 11.9. The van der Waals surface area contributed by atoms with Gasteiger partial charge >= 0.3 is 0 Å². The normalized spacial score (nSPS) is 11.9. The molecular weight excluding hydrogens is 264 g/mol. The second-order valence-electron chi connectivity index (χ2n) is 4.96. The topological polar surface area (TPSA) is 62.2 Å². The highest BCUT2D eigenvalue weighted by molar-refractivity contribution is 5.76. The Labute approximate surface area is 124 Å². The third-order valence-corrected chi connectivity index (χ3v) is 3.24. The fourth-order valence-corrected chi connectivity index (χ4v) is 2.15. The molecule has 21 heavy (non-hydrogen) atoms. The Hall–Kier alpha value is -2.20. The van der Waals surface area contributed by atoms with Crippen molar-refractivity contribution in [3.8, 4) is 0 Å². The molecule has 0 aliphatic rings. The molecule has 0 aliphatic heterocycles. The van der Waals surface area contributed by atoms with Crippen LogP contribution in [0.4, 0.5) is 0 Å². The van der Waals surface area contributed by atoms with Crippen LogP contribution in [0.5, 0.6) is 0 Å². The van der Waals surface area contributed by atoms with Gasteiger partial charge in [0, 0.05) is 18.3 Å². The second-order valence-corrected chi connectivity index (χ2v) is 4.96. The van der Waals surface area contributed by atoms with E-state index in [0.29, 0.717) is 19.3 Å². The minimum Gasteiger partial charge on any atom is -0.394 e. The summed E-state index contributed by atoms with van der Waals surface area (Å²) in [5, 5.41) is 12.3. The predicted molar refractivity (Wildman–Crippen MR) is 81.7 cm³/mol. The number of carbonyl (C=O) groups excluding carboxylic acids is 1. The monoisotopic (exact) mass is 284 g/mol. The van der Waals surface area contributed by atoms with Crippen molar-refractivity contribution in [2.24, 2.45) is 0 Å². The Morgan fingerprint density at radius 3 is 2.57 bits per heavy atom. The number of rotatable bonds is 7. The molecule has 0 radical (unpaired) electrons.